The summed E-state index contributed by atoms with van der Waals surface area (Å²) in [4.78, 5) is 13.7. The fraction of sp³-hybridized carbons (Fsp3) is 0.385. The number of nitrogens with two attached hydrogens (primary N) is 1. The number of hydrogen-bond acceptors (Lipinski definition) is 4. The molecule has 1 aromatic carbocycles. The molecular weight excluding hydrogens is 260 g/mol. The number of methoxy groups -OCH3 is 1. The maximum atomic E-state index is 12.1. The van der Waals surface area contributed by atoms with Crippen molar-refractivity contribution in [1.82, 2.24) is 4.90 Å². The van der Waals surface area contributed by atoms with Crippen molar-refractivity contribution in [2.75, 3.05) is 25.5 Å². The SMILES string of the molecule is CCN(CC)C(=O)Nc1c(OC)cccc1/C(N)=N/O. The molecule has 4 N–H and O–H groups in total. The first kappa shape index (κ1) is 15.6. The Morgan fingerprint density at radius 2 is 2.10 bits per heavy atom. The number of benzene rings is 1. The molecule has 1 aromatic rings. The number of oxime groups is 1. The van der Waals surface area contributed by atoms with Crippen molar-refractivity contribution in [2.45, 2.75) is 13.8 Å². The number of para-hydroxylation sites is 1. The predicted molar refractivity (Wildman–Crippen MR) is 77.4 cm³/mol. The summed E-state index contributed by atoms with van der Waals surface area (Å²) in [7, 11) is 1.48. The third-order valence-corrected chi connectivity index (χ3v) is 2.91. The van der Waals surface area contributed by atoms with Crippen LogP contribution in [0.2, 0.25) is 0 Å². The Balaban J connectivity index is 3.18. The second-order valence-corrected chi connectivity index (χ2v) is 3.97. The van der Waals surface area contributed by atoms with Gasteiger partial charge in [0.15, 0.2) is 5.84 Å². The van der Waals surface area contributed by atoms with Gasteiger partial charge in [-0.1, -0.05) is 11.2 Å². The monoisotopic (exact) mass is 280 g/mol. The number of ether oxygens (including phenoxy) is 1. The maximum absolute atomic E-state index is 12.1. The molecule has 110 valence electrons. The Labute approximate surface area is 118 Å². The Morgan fingerprint density at radius 1 is 1.45 bits per heavy atom. The van der Waals surface area contributed by atoms with Gasteiger partial charge in [0.1, 0.15) is 5.75 Å². The molecule has 0 unspecified atom stereocenters. The zero-order chi connectivity index (χ0) is 15.1. The Kier molecular flexibility index (Phi) is 5.64. The van der Waals surface area contributed by atoms with Crippen molar-refractivity contribution in [3.8, 4) is 5.75 Å². The quantitative estimate of drug-likeness (QED) is 0.330. The van der Waals surface area contributed by atoms with E-state index < -0.39 is 0 Å². The topological polar surface area (TPSA) is 100 Å². The number of rotatable bonds is 5. The van der Waals surface area contributed by atoms with Crippen molar-refractivity contribution in [1.29, 1.82) is 0 Å². The number of carbonyl (C=O) groups is 1. The summed E-state index contributed by atoms with van der Waals surface area (Å²) in [5.74, 6) is 0.341. The molecule has 0 aromatic heterocycles. The molecule has 20 heavy (non-hydrogen) atoms. The molecule has 0 fully saturated rings. The lowest BCUT2D eigenvalue weighted by molar-refractivity contribution is 0.217. The average Bonchev–Trinajstić information content (AvgIpc) is 2.47. The van der Waals surface area contributed by atoms with Crippen molar-refractivity contribution < 1.29 is 14.7 Å². The number of hydrogen-bond donors (Lipinski definition) is 3. The first-order valence-corrected chi connectivity index (χ1v) is 6.29. The largest absolute Gasteiger partial charge is 0.495 e. The number of amides is 2. The van der Waals surface area contributed by atoms with Crippen LogP contribution in [0.4, 0.5) is 10.5 Å². The van der Waals surface area contributed by atoms with Crippen LogP contribution < -0.4 is 15.8 Å². The van der Waals surface area contributed by atoms with Gasteiger partial charge in [-0.2, -0.15) is 0 Å². The third kappa shape index (κ3) is 3.31. The lowest BCUT2D eigenvalue weighted by atomic mass is 10.1. The number of anilines is 1. The van der Waals surface area contributed by atoms with E-state index in [9.17, 15) is 4.79 Å². The lowest BCUT2D eigenvalue weighted by Crippen LogP contribution is -2.35. The zero-order valence-corrected chi connectivity index (χ0v) is 11.9. The molecule has 0 radical (unpaired) electrons. The van der Waals surface area contributed by atoms with Crippen LogP contribution >= 0.6 is 0 Å². The summed E-state index contributed by atoms with van der Waals surface area (Å²) in [5.41, 5.74) is 6.39. The maximum Gasteiger partial charge on any atom is 0.321 e. The summed E-state index contributed by atoms with van der Waals surface area (Å²) in [6, 6.07) is 4.74. The van der Waals surface area contributed by atoms with E-state index in [2.05, 4.69) is 10.5 Å². The highest BCUT2D eigenvalue weighted by atomic mass is 16.5. The highest BCUT2D eigenvalue weighted by Crippen LogP contribution is 2.28. The molecule has 0 saturated carbocycles. The predicted octanol–water partition coefficient (Wildman–Crippen LogP) is 1.66. The van der Waals surface area contributed by atoms with E-state index in [1.165, 1.54) is 7.11 Å². The van der Waals surface area contributed by atoms with Crippen LogP contribution in [-0.2, 0) is 0 Å². The van der Waals surface area contributed by atoms with Gasteiger partial charge in [-0.05, 0) is 26.0 Å². The molecule has 7 nitrogen and oxygen atoms in total. The summed E-state index contributed by atoms with van der Waals surface area (Å²) in [5, 5.41) is 14.5. The van der Waals surface area contributed by atoms with Crippen molar-refractivity contribution in [2.24, 2.45) is 10.9 Å². The van der Waals surface area contributed by atoms with E-state index in [-0.39, 0.29) is 11.9 Å². The van der Waals surface area contributed by atoms with E-state index in [4.69, 9.17) is 15.7 Å². The minimum Gasteiger partial charge on any atom is -0.495 e. The van der Waals surface area contributed by atoms with Crippen LogP contribution in [0.15, 0.2) is 23.4 Å². The molecule has 0 atom stereocenters. The molecule has 0 aliphatic rings. The molecule has 0 spiro atoms. The van der Waals surface area contributed by atoms with Gasteiger partial charge in [0, 0.05) is 18.7 Å². The lowest BCUT2D eigenvalue weighted by Gasteiger charge is -2.21. The zero-order valence-electron chi connectivity index (χ0n) is 11.9. The number of amidine groups is 1. The molecule has 0 bridgehead atoms. The number of nitrogens with zero attached hydrogens (tertiary/aromatic N) is 2. The fourth-order valence-corrected chi connectivity index (χ4v) is 1.79. The minimum absolute atomic E-state index is 0.0984. The highest BCUT2D eigenvalue weighted by molar-refractivity contribution is 6.06. The van der Waals surface area contributed by atoms with Gasteiger partial charge in [0.25, 0.3) is 0 Å². The van der Waals surface area contributed by atoms with Crippen molar-refractivity contribution >= 4 is 17.6 Å². The molecular formula is C13H20N4O3. The van der Waals surface area contributed by atoms with E-state index in [1.54, 1.807) is 23.1 Å². The number of carbonyl (C=O) groups excluding carboxylic acids is 1. The van der Waals surface area contributed by atoms with Crippen LogP contribution in [0.3, 0.4) is 0 Å². The van der Waals surface area contributed by atoms with Crippen LogP contribution in [0.25, 0.3) is 0 Å². The van der Waals surface area contributed by atoms with Gasteiger partial charge in [0.2, 0.25) is 0 Å². The normalized spacial score (nSPS) is 11.1. The van der Waals surface area contributed by atoms with Crippen LogP contribution in [-0.4, -0.2) is 42.2 Å². The Morgan fingerprint density at radius 3 is 2.60 bits per heavy atom. The third-order valence-electron chi connectivity index (χ3n) is 2.91. The summed E-state index contributed by atoms with van der Waals surface area (Å²) < 4.78 is 5.20. The summed E-state index contributed by atoms with van der Waals surface area (Å²) >= 11 is 0. The molecule has 0 aliphatic heterocycles. The average molecular weight is 280 g/mol. The van der Waals surface area contributed by atoms with E-state index in [1.807, 2.05) is 13.8 Å². The van der Waals surface area contributed by atoms with Crippen LogP contribution in [0, 0.1) is 0 Å². The van der Waals surface area contributed by atoms with E-state index >= 15 is 0 Å². The first-order valence-electron chi connectivity index (χ1n) is 6.29. The molecule has 0 aliphatic carbocycles. The standard InChI is InChI=1S/C13H20N4O3/c1-4-17(5-2)13(18)15-11-9(12(14)16-19)7-6-8-10(11)20-3/h6-8,19H,4-5H2,1-3H3,(H2,14,16)(H,15,18). The van der Waals surface area contributed by atoms with E-state index in [0.29, 0.717) is 30.1 Å². The van der Waals surface area contributed by atoms with Crippen molar-refractivity contribution in [3.05, 3.63) is 23.8 Å². The minimum atomic E-state index is -0.272. The van der Waals surface area contributed by atoms with Gasteiger partial charge in [-0.3, -0.25) is 0 Å². The second kappa shape index (κ2) is 7.22. The van der Waals surface area contributed by atoms with Gasteiger partial charge < -0.3 is 25.9 Å². The van der Waals surface area contributed by atoms with Gasteiger partial charge in [-0.25, -0.2) is 4.79 Å². The molecule has 2 amide bonds. The fourth-order valence-electron chi connectivity index (χ4n) is 1.79. The second-order valence-electron chi connectivity index (χ2n) is 3.97. The molecule has 0 heterocycles. The highest BCUT2D eigenvalue weighted by Gasteiger charge is 2.17. The molecule has 7 heteroatoms. The van der Waals surface area contributed by atoms with Crippen LogP contribution in [0.5, 0.6) is 5.75 Å². The first-order chi connectivity index (χ1) is 9.58. The Hall–Kier alpha value is -2.44. The van der Waals surface area contributed by atoms with Gasteiger partial charge >= 0.3 is 6.03 Å². The van der Waals surface area contributed by atoms with Crippen molar-refractivity contribution in [3.63, 3.8) is 0 Å². The van der Waals surface area contributed by atoms with Crippen LogP contribution in [0.1, 0.15) is 19.4 Å². The number of urea groups is 1. The molecule has 0 saturated heterocycles. The smallest absolute Gasteiger partial charge is 0.321 e. The van der Waals surface area contributed by atoms with Gasteiger partial charge in [0.05, 0.1) is 12.8 Å². The summed E-state index contributed by atoms with van der Waals surface area (Å²) in [6.45, 7) is 4.93. The Bertz CT molecular complexity index is 498. The molecule has 1 rings (SSSR count). The van der Waals surface area contributed by atoms with E-state index in [0.717, 1.165) is 0 Å². The number of nitrogens with one attached hydrogen (secondary N) is 1. The summed E-state index contributed by atoms with van der Waals surface area (Å²) in [6.07, 6.45) is 0. The van der Waals surface area contributed by atoms with Gasteiger partial charge in [-0.15, -0.1) is 0 Å².